The summed E-state index contributed by atoms with van der Waals surface area (Å²) in [6.07, 6.45) is 4.01. The summed E-state index contributed by atoms with van der Waals surface area (Å²) in [5.41, 5.74) is 0.215. The summed E-state index contributed by atoms with van der Waals surface area (Å²) < 4.78 is 16.2. The first-order chi connectivity index (χ1) is 15.6. The maximum Gasteiger partial charge on any atom is 0.409 e. The third kappa shape index (κ3) is 4.72. The summed E-state index contributed by atoms with van der Waals surface area (Å²) in [4.78, 5) is 32.5. The van der Waals surface area contributed by atoms with E-state index in [-0.39, 0.29) is 35.5 Å². The summed E-state index contributed by atoms with van der Waals surface area (Å²) in [5.74, 6) is 1.12. The topological polar surface area (TPSA) is 125 Å². The van der Waals surface area contributed by atoms with Gasteiger partial charge < -0.3 is 28.7 Å². The van der Waals surface area contributed by atoms with Crippen LogP contribution in [0.4, 0.5) is 10.7 Å². The van der Waals surface area contributed by atoms with E-state index in [0.717, 1.165) is 12.8 Å². The van der Waals surface area contributed by atoms with Gasteiger partial charge in [-0.2, -0.15) is 10.2 Å². The number of hydrogen-bond acceptors (Lipinski definition) is 8. The molecule has 0 bridgehead atoms. The molecule has 2 aromatic rings. The first-order valence-electron chi connectivity index (χ1n) is 11.0. The third-order valence-electron chi connectivity index (χ3n) is 5.97. The van der Waals surface area contributed by atoms with Crippen molar-refractivity contribution in [2.75, 3.05) is 37.7 Å². The molecule has 1 N–H and O–H groups in total. The molecule has 32 heavy (non-hydrogen) atoms. The van der Waals surface area contributed by atoms with Crippen molar-refractivity contribution < 1.29 is 23.2 Å². The van der Waals surface area contributed by atoms with Crippen LogP contribution < -0.4 is 10.2 Å². The second-order valence-electron chi connectivity index (χ2n) is 7.99. The van der Waals surface area contributed by atoms with Crippen LogP contribution in [0.3, 0.4) is 0 Å². The highest BCUT2D eigenvalue weighted by Crippen LogP contribution is 2.31. The van der Waals surface area contributed by atoms with E-state index in [4.69, 9.17) is 13.6 Å². The van der Waals surface area contributed by atoms with Crippen molar-refractivity contribution in [1.29, 1.82) is 5.26 Å². The van der Waals surface area contributed by atoms with Crippen molar-refractivity contribution in [3.05, 3.63) is 24.1 Å². The van der Waals surface area contributed by atoms with E-state index in [1.165, 1.54) is 6.26 Å². The molecule has 2 aromatic heterocycles. The Kier molecular flexibility index (Phi) is 6.63. The molecule has 2 aliphatic heterocycles. The smallest absolute Gasteiger partial charge is 0.409 e. The minimum absolute atomic E-state index is 0.0496. The predicted molar refractivity (Wildman–Crippen MR) is 114 cm³/mol. The van der Waals surface area contributed by atoms with Gasteiger partial charge in [-0.05, 0) is 44.7 Å². The zero-order valence-electron chi connectivity index (χ0n) is 18.1. The van der Waals surface area contributed by atoms with Gasteiger partial charge in [-0.3, -0.25) is 4.79 Å². The zero-order chi connectivity index (χ0) is 22.5. The van der Waals surface area contributed by atoms with Crippen LogP contribution in [-0.4, -0.2) is 60.7 Å². The molecule has 2 amide bonds. The minimum Gasteiger partial charge on any atom is -0.459 e. The van der Waals surface area contributed by atoms with Gasteiger partial charge in [0.2, 0.25) is 17.5 Å². The zero-order valence-corrected chi connectivity index (χ0v) is 18.1. The van der Waals surface area contributed by atoms with Gasteiger partial charge in [-0.25, -0.2) is 4.79 Å². The number of nitriles is 1. The Morgan fingerprint density at radius 3 is 2.62 bits per heavy atom. The molecule has 4 heterocycles. The molecule has 0 aliphatic carbocycles. The van der Waals surface area contributed by atoms with Crippen molar-refractivity contribution in [1.82, 2.24) is 15.2 Å². The molecular formula is C22H27N5O5. The molecule has 0 unspecified atom stereocenters. The molecular weight excluding hydrogens is 414 g/mol. The third-order valence-corrected chi connectivity index (χ3v) is 5.97. The fraction of sp³-hybridized carbons (Fsp3) is 0.545. The van der Waals surface area contributed by atoms with Gasteiger partial charge in [-0.15, -0.1) is 0 Å². The van der Waals surface area contributed by atoms with Crippen LogP contribution in [0, 0.1) is 17.2 Å². The second-order valence-corrected chi connectivity index (χ2v) is 7.99. The Hall–Kier alpha value is -3.48. The van der Waals surface area contributed by atoms with Crippen LogP contribution in [0.5, 0.6) is 0 Å². The molecule has 4 rings (SSSR count). The first kappa shape index (κ1) is 21.7. The van der Waals surface area contributed by atoms with Crippen molar-refractivity contribution in [2.24, 2.45) is 5.92 Å². The normalized spacial score (nSPS) is 17.8. The SMILES string of the molecule is CCOC(=O)N1CCC(NC(=O)C2CCN(c3oc(-c4ccco4)nc3C#N)CC2)CC1. The number of furan rings is 1. The highest BCUT2D eigenvalue weighted by atomic mass is 16.6. The fourth-order valence-electron chi connectivity index (χ4n) is 4.19. The van der Waals surface area contributed by atoms with Crippen LogP contribution >= 0.6 is 0 Å². The minimum atomic E-state index is -0.288. The number of rotatable bonds is 5. The number of carbonyl (C=O) groups excluding carboxylic acids is 2. The Morgan fingerprint density at radius 2 is 2.00 bits per heavy atom. The summed E-state index contributed by atoms with van der Waals surface area (Å²) in [6.45, 7) is 4.52. The lowest BCUT2D eigenvalue weighted by Gasteiger charge is -2.34. The quantitative estimate of drug-likeness (QED) is 0.751. The largest absolute Gasteiger partial charge is 0.459 e. The molecule has 2 fully saturated rings. The van der Waals surface area contributed by atoms with E-state index in [1.807, 2.05) is 4.90 Å². The molecule has 10 nitrogen and oxygen atoms in total. The van der Waals surface area contributed by atoms with Crippen molar-refractivity contribution in [3.8, 4) is 17.7 Å². The Labute approximate surface area is 186 Å². The monoisotopic (exact) mass is 441 g/mol. The Balaban J connectivity index is 1.28. The lowest BCUT2D eigenvalue weighted by molar-refractivity contribution is -0.126. The molecule has 10 heteroatoms. The molecule has 0 radical (unpaired) electrons. The van der Waals surface area contributed by atoms with Crippen molar-refractivity contribution >= 4 is 17.9 Å². The van der Waals surface area contributed by atoms with Crippen molar-refractivity contribution in [2.45, 2.75) is 38.6 Å². The van der Waals surface area contributed by atoms with Gasteiger partial charge >= 0.3 is 6.09 Å². The highest BCUT2D eigenvalue weighted by molar-refractivity contribution is 5.79. The standard InChI is InChI=1S/C22H27N5O5/c1-2-30-22(29)27-11-7-16(8-12-27)24-19(28)15-5-9-26(10-6-15)21-17(14-23)25-20(32-21)18-4-3-13-31-18/h3-4,13,15-16H,2,5-12H2,1H3,(H,24,28). The number of aromatic nitrogens is 1. The number of piperidine rings is 2. The predicted octanol–water partition coefficient (Wildman–Crippen LogP) is 2.76. The number of hydrogen-bond donors (Lipinski definition) is 1. The van der Waals surface area contributed by atoms with Crippen LogP contribution in [-0.2, 0) is 9.53 Å². The van der Waals surface area contributed by atoms with E-state index in [9.17, 15) is 14.9 Å². The molecule has 0 saturated carbocycles. The molecule has 2 aliphatic rings. The van der Waals surface area contributed by atoms with Crippen LogP contribution in [0.1, 0.15) is 38.3 Å². The average Bonchev–Trinajstić information content (AvgIpc) is 3.50. The number of nitrogens with one attached hydrogen (secondary N) is 1. The molecule has 0 atom stereocenters. The van der Waals surface area contributed by atoms with E-state index >= 15 is 0 Å². The summed E-state index contributed by atoms with van der Waals surface area (Å²) in [6, 6.07) is 5.61. The number of anilines is 1. The summed E-state index contributed by atoms with van der Waals surface area (Å²) in [7, 11) is 0. The van der Waals surface area contributed by atoms with E-state index < -0.39 is 0 Å². The van der Waals surface area contributed by atoms with Gasteiger partial charge in [0.15, 0.2) is 5.76 Å². The number of nitrogens with zero attached hydrogens (tertiary/aromatic N) is 4. The summed E-state index contributed by atoms with van der Waals surface area (Å²) >= 11 is 0. The highest BCUT2D eigenvalue weighted by Gasteiger charge is 2.31. The van der Waals surface area contributed by atoms with E-state index in [1.54, 1.807) is 24.0 Å². The van der Waals surface area contributed by atoms with E-state index in [2.05, 4.69) is 16.4 Å². The maximum absolute atomic E-state index is 12.8. The number of amides is 2. The number of likely N-dealkylation sites (tertiary alicyclic amines) is 1. The number of carbonyl (C=O) groups is 2. The summed E-state index contributed by atoms with van der Waals surface area (Å²) in [5, 5.41) is 12.6. The number of oxazole rings is 1. The molecule has 170 valence electrons. The van der Waals surface area contributed by atoms with Crippen LogP contribution in [0.15, 0.2) is 27.2 Å². The van der Waals surface area contributed by atoms with Gasteiger partial charge in [0, 0.05) is 38.1 Å². The second kappa shape index (κ2) is 9.77. The Bertz CT molecular complexity index is 963. The van der Waals surface area contributed by atoms with Crippen molar-refractivity contribution in [3.63, 3.8) is 0 Å². The van der Waals surface area contributed by atoms with Gasteiger partial charge in [0.05, 0.1) is 12.9 Å². The van der Waals surface area contributed by atoms with Gasteiger partial charge in [-0.1, -0.05) is 0 Å². The molecule has 2 saturated heterocycles. The van der Waals surface area contributed by atoms with Gasteiger partial charge in [0.25, 0.3) is 5.89 Å². The van der Waals surface area contributed by atoms with Crippen LogP contribution in [0.2, 0.25) is 0 Å². The number of ether oxygens (including phenoxy) is 1. The van der Waals surface area contributed by atoms with Crippen LogP contribution in [0.25, 0.3) is 11.7 Å². The first-order valence-corrected chi connectivity index (χ1v) is 11.0. The average molecular weight is 441 g/mol. The Morgan fingerprint density at radius 1 is 1.25 bits per heavy atom. The lowest BCUT2D eigenvalue weighted by Crippen LogP contribution is -2.49. The molecule has 0 aromatic carbocycles. The fourth-order valence-corrected chi connectivity index (χ4v) is 4.19. The maximum atomic E-state index is 12.8. The van der Waals surface area contributed by atoms with E-state index in [0.29, 0.717) is 57.3 Å². The lowest BCUT2D eigenvalue weighted by atomic mass is 9.94. The molecule has 0 spiro atoms. The van der Waals surface area contributed by atoms with Gasteiger partial charge in [0.1, 0.15) is 6.07 Å².